The van der Waals surface area contributed by atoms with Crippen LogP contribution in [0.15, 0.2) is 6.20 Å². The second-order valence-electron chi connectivity index (χ2n) is 3.47. The van der Waals surface area contributed by atoms with Crippen LogP contribution in [0.2, 0.25) is 0 Å². The van der Waals surface area contributed by atoms with Crippen LogP contribution in [0.5, 0.6) is 11.5 Å². The van der Waals surface area contributed by atoms with Crippen molar-refractivity contribution in [1.82, 2.24) is 4.98 Å². The van der Waals surface area contributed by atoms with Crippen molar-refractivity contribution in [2.24, 2.45) is 5.73 Å². The number of methoxy groups -OCH3 is 1. The van der Waals surface area contributed by atoms with E-state index in [1.165, 1.54) is 6.92 Å². The predicted octanol–water partition coefficient (Wildman–Crippen LogP) is 1.62. The highest BCUT2D eigenvalue weighted by Crippen LogP contribution is 2.37. The number of aromatic nitrogens is 1. The summed E-state index contributed by atoms with van der Waals surface area (Å²) in [7, 11) is 1.13. The molecule has 0 spiro atoms. The molecule has 1 heterocycles. The molecule has 0 saturated carbocycles. The topological polar surface area (TPSA) is 83.7 Å². The van der Waals surface area contributed by atoms with Gasteiger partial charge in [-0.2, -0.15) is 0 Å². The van der Waals surface area contributed by atoms with Crippen molar-refractivity contribution >= 4 is 5.97 Å². The summed E-state index contributed by atoms with van der Waals surface area (Å²) in [5, 5.41) is 0. The van der Waals surface area contributed by atoms with Gasteiger partial charge in [0, 0.05) is 18.3 Å². The summed E-state index contributed by atoms with van der Waals surface area (Å²) in [6, 6.07) is 0. The Labute approximate surface area is 112 Å². The number of carbonyl (C=O) groups excluding carboxylic acids is 1. The van der Waals surface area contributed by atoms with Gasteiger partial charge in [-0.15, -0.1) is 13.2 Å². The van der Waals surface area contributed by atoms with E-state index >= 15 is 0 Å². The summed E-state index contributed by atoms with van der Waals surface area (Å²) in [6.07, 6.45) is -3.88. The number of alkyl halides is 3. The molecule has 0 aliphatic rings. The molecule has 0 atom stereocenters. The molecule has 9 heteroatoms. The van der Waals surface area contributed by atoms with Gasteiger partial charge in [-0.1, -0.05) is 0 Å². The predicted molar refractivity (Wildman–Crippen MR) is 61.3 cm³/mol. The van der Waals surface area contributed by atoms with Crippen LogP contribution >= 0.6 is 0 Å². The molecule has 0 fully saturated rings. The fourth-order valence-corrected chi connectivity index (χ4v) is 1.44. The third-order valence-corrected chi connectivity index (χ3v) is 2.17. The molecule has 0 amide bonds. The first-order chi connectivity index (χ1) is 9.34. The second kappa shape index (κ2) is 6.42. The highest BCUT2D eigenvalue weighted by Gasteiger charge is 2.36. The van der Waals surface area contributed by atoms with Gasteiger partial charge in [0.15, 0.2) is 11.4 Å². The van der Waals surface area contributed by atoms with Crippen LogP contribution < -0.4 is 15.2 Å². The van der Waals surface area contributed by atoms with Crippen molar-refractivity contribution in [3.05, 3.63) is 17.5 Å². The minimum Gasteiger partial charge on any atom is -0.492 e. The first kappa shape index (κ1) is 16.0. The van der Waals surface area contributed by atoms with Crippen molar-refractivity contribution in [3.63, 3.8) is 0 Å². The van der Waals surface area contributed by atoms with Crippen LogP contribution in [0.25, 0.3) is 0 Å². The Morgan fingerprint density at radius 3 is 2.50 bits per heavy atom. The fourth-order valence-electron chi connectivity index (χ4n) is 1.44. The largest absolute Gasteiger partial charge is 0.573 e. The van der Waals surface area contributed by atoms with E-state index in [4.69, 9.17) is 10.5 Å². The fraction of sp³-hybridized carbons (Fsp3) is 0.455. The second-order valence-corrected chi connectivity index (χ2v) is 3.47. The van der Waals surface area contributed by atoms with Gasteiger partial charge in [-0.25, -0.2) is 9.78 Å². The Bertz CT molecular complexity index is 491. The number of hydrogen-bond acceptors (Lipinski definition) is 6. The molecule has 1 aromatic heterocycles. The number of halogens is 3. The quantitative estimate of drug-likeness (QED) is 0.831. The van der Waals surface area contributed by atoms with Gasteiger partial charge in [0.1, 0.15) is 0 Å². The average molecular weight is 294 g/mol. The van der Waals surface area contributed by atoms with E-state index < -0.39 is 23.8 Å². The van der Waals surface area contributed by atoms with Gasteiger partial charge >= 0.3 is 12.3 Å². The van der Waals surface area contributed by atoms with Crippen molar-refractivity contribution < 1.29 is 32.2 Å². The molecule has 2 N–H and O–H groups in total. The van der Waals surface area contributed by atoms with E-state index in [0.29, 0.717) is 0 Å². The summed E-state index contributed by atoms with van der Waals surface area (Å²) in [4.78, 5) is 15.2. The SMILES string of the molecule is CCOC(=O)c1ncc(CN)c(OC)c1OC(F)(F)F. The van der Waals surface area contributed by atoms with Crippen molar-refractivity contribution in [1.29, 1.82) is 0 Å². The van der Waals surface area contributed by atoms with Crippen LogP contribution in [0.3, 0.4) is 0 Å². The maximum absolute atomic E-state index is 12.4. The van der Waals surface area contributed by atoms with E-state index in [9.17, 15) is 18.0 Å². The Morgan fingerprint density at radius 2 is 2.05 bits per heavy atom. The molecule has 0 unspecified atom stereocenters. The summed E-state index contributed by atoms with van der Waals surface area (Å²) >= 11 is 0. The molecule has 0 aliphatic heterocycles. The van der Waals surface area contributed by atoms with Crippen LogP contribution in [0.1, 0.15) is 23.0 Å². The minimum absolute atomic E-state index is 0.0209. The van der Waals surface area contributed by atoms with E-state index in [-0.39, 0.29) is 24.5 Å². The third-order valence-electron chi connectivity index (χ3n) is 2.17. The molecular formula is C11H13F3N2O4. The van der Waals surface area contributed by atoms with E-state index in [2.05, 4.69) is 14.5 Å². The van der Waals surface area contributed by atoms with Crippen LogP contribution in [-0.2, 0) is 11.3 Å². The third kappa shape index (κ3) is 3.73. The van der Waals surface area contributed by atoms with Gasteiger partial charge in [-0.3, -0.25) is 0 Å². The highest BCUT2D eigenvalue weighted by atomic mass is 19.4. The van der Waals surface area contributed by atoms with E-state index in [1.54, 1.807) is 0 Å². The zero-order valence-corrected chi connectivity index (χ0v) is 10.8. The first-order valence-electron chi connectivity index (χ1n) is 5.52. The average Bonchev–Trinajstić information content (AvgIpc) is 2.36. The molecule has 20 heavy (non-hydrogen) atoms. The molecule has 1 rings (SSSR count). The maximum Gasteiger partial charge on any atom is 0.573 e. The minimum atomic E-state index is -5.01. The summed E-state index contributed by atoms with van der Waals surface area (Å²) < 4.78 is 50.6. The smallest absolute Gasteiger partial charge is 0.492 e. The highest BCUT2D eigenvalue weighted by molar-refractivity contribution is 5.91. The van der Waals surface area contributed by atoms with Gasteiger partial charge in [0.05, 0.1) is 13.7 Å². The Hall–Kier alpha value is -2.03. The van der Waals surface area contributed by atoms with E-state index in [0.717, 1.165) is 13.3 Å². The molecule has 0 radical (unpaired) electrons. The standard InChI is InChI=1S/C11H13F3N2O4/c1-3-19-10(17)7-9(20-11(12,13)14)8(18-2)6(4-15)5-16-7/h5H,3-4,15H2,1-2H3. The van der Waals surface area contributed by atoms with Crippen LogP contribution in [0.4, 0.5) is 13.2 Å². The van der Waals surface area contributed by atoms with Gasteiger partial charge in [0.2, 0.25) is 5.75 Å². The number of ether oxygens (including phenoxy) is 3. The van der Waals surface area contributed by atoms with Crippen molar-refractivity contribution in [2.45, 2.75) is 19.8 Å². The Balaban J connectivity index is 3.39. The lowest BCUT2D eigenvalue weighted by molar-refractivity contribution is -0.275. The summed E-state index contributed by atoms with van der Waals surface area (Å²) in [5.41, 5.74) is 4.91. The number of carbonyl (C=O) groups is 1. The lowest BCUT2D eigenvalue weighted by Crippen LogP contribution is -2.21. The molecule has 0 saturated heterocycles. The molecule has 112 valence electrons. The molecular weight excluding hydrogens is 281 g/mol. The molecule has 0 aliphatic carbocycles. The lowest BCUT2D eigenvalue weighted by Gasteiger charge is -2.17. The normalized spacial score (nSPS) is 11.1. The molecule has 6 nitrogen and oxygen atoms in total. The number of esters is 1. The molecule has 0 bridgehead atoms. The molecule has 1 aromatic rings. The number of rotatable bonds is 5. The van der Waals surface area contributed by atoms with E-state index in [1.807, 2.05) is 0 Å². The van der Waals surface area contributed by atoms with Gasteiger partial charge < -0.3 is 19.9 Å². The lowest BCUT2D eigenvalue weighted by atomic mass is 10.2. The van der Waals surface area contributed by atoms with Crippen molar-refractivity contribution in [3.8, 4) is 11.5 Å². The number of nitrogens with two attached hydrogens (primary N) is 1. The van der Waals surface area contributed by atoms with Gasteiger partial charge in [-0.05, 0) is 6.92 Å². The van der Waals surface area contributed by atoms with Crippen molar-refractivity contribution in [2.75, 3.05) is 13.7 Å². The maximum atomic E-state index is 12.4. The zero-order valence-electron chi connectivity index (χ0n) is 10.8. The van der Waals surface area contributed by atoms with Gasteiger partial charge in [0.25, 0.3) is 0 Å². The zero-order chi connectivity index (χ0) is 15.3. The number of pyridine rings is 1. The monoisotopic (exact) mass is 294 g/mol. The summed E-state index contributed by atoms with van der Waals surface area (Å²) in [5.74, 6) is -2.21. The first-order valence-corrected chi connectivity index (χ1v) is 5.52. The Kier molecular flexibility index (Phi) is 5.14. The summed E-state index contributed by atoms with van der Waals surface area (Å²) in [6.45, 7) is 1.36. The number of hydrogen-bond donors (Lipinski definition) is 1. The Morgan fingerprint density at radius 1 is 1.40 bits per heavy atom. The van der Waals surface area contributed by atoms with Crippen LogP contribution in [0, 0.1) is 0 Å². The van der Waals surface area contributed by atoms with Crippen LogP contribution in [-0.4, -0.2) is 31.0 Å². The molecule has 0 aromatic carbocycles. The number of nitrogens with zero attached hydrogens (tertiary/aromatic N) is 1.